The average Bonchev–Trinajstić information content (AvgIpc) is 2.70. The van der Waals surface area contributed by atoms with Crippen LogP contribution in [-0.4, -0.2) is 21.9 Å². The van der Waals surface area contributed by atoms with Crippen LogP contribution in [0, 0.1) is 0 Å². The maximum atomic E-state index is 10.3. The molecule has 0 bridgehead atoms. The molecule has 0 spiro atoms. The maximum Gasteiger partial charge on any atom is 0.0834 e. The molecule has 0 aromatic heterocycles. The molecule has 0 amide bonds. The van der Waals surface area contributed by atoms with Gasteiger partial charge < -0.3 is 10.2 Å². The van der Waals surface area contributed by atoms with Gasteiger partial charge in [0.1, 0.15) is 0 Å². The standard InChI is InChI=1S/C19H32O2/c1-5-6-10-16(3)18(20)12-9-7-8-11-17-15(2)13-14-19(17,4)21/h7,9-10,18,20-21H,5-6,8,11-14H2,1-4H3/b9-7+,16-10+. The number of hydrogen-bond acceptors (Lipinski definition) is 2. The van der Waals surface area contributed by atoms with Gasteiger partial charge in [0, 0.05) is 0 Å². The molecule has 120 valence electrons. The van der Waals surface area contributed by atoms with Crippen LogP contribution in [-0.2, 0) is 0 Å². The summed E-state index contributed by atoms with van der Waals surface area (Å²) in [4.78, 5) is 0. The normalized spacial score (nSPS) is 25.1. The van der Waals surface area contributed by atoms with E-state index in [0.29, 0.717) is 6.42 Å². The highest BCUT2D eigenvalue weighted by Crippen LogP contribution is 2.37. The molecule has 0 saturated carbocycles. The lowest BCUT2D eigenvalue weighted by Gasteiger charge is -2.21. The molecule has 0 radical (unpaired) electrons. The van der Waals surface area contributed by atoms with Crippen molar-refractivity contribution >= 4 is 0 Å². The van der Waals surface area contributed by atoms with Crippen molar-refractivity contribution in [2.75, 3.05) is 0 Å². The highest BCUT2D eigenvalue weighted by Gasteiger charge is 2.31. The second-order valence-electron chi connectivity index (χ2n) is 6.53. The van der Waals surface area contributed by atoms with Crippen LogP contribution in [0.3, 0.4) is 0 Å². The third-order valence-corrected chi connectivity index (χ3v) is 4.52. The van der Waals surface area contributed by atoms with Gasteiger partial charge in [-0.2, -0.15) is 0 Å². The lowest BCUT2D eigenvalue weighted by molar-refractivity contribution is 0.0965. The van der Waals surface area contributed by atoms with Crippen molar-refractivity contribution in [3.63, 3.8) is 0 Å². The topological polar surface area (TPSA) is 40.5 Å². The van der Waals surface area contributed by atoms with Crippen molar-refractivity contribution in [3.05, 3.63) is 34.9 Å². The Morgan fingerprint density at radius 2 is 2.05 bits per heavy atom. The van der Waals surface area contributed by atoms with Crippen molar-refractivity contribution < 1.29 is 10.2 Å². The van der Waals surface area contributed by atoms with E-state index < -0.39 is 5.60 Å². The zero-order valence-electron chi connectivity index (χ0n) is 14.2. The van der Waals surface area contributed by atoms with Gasteiger partial charge in [0.15, 0.2) is 0 Å². The maximum absolute atomic E-state index is 10.3. The fourth-order valence-electron chi connectivity index (χ4n) is 2.94. The first-order valence-electron chi connectivity index (χ1n) is 8.29. The van der Waals surface area contributed by atoms with E-state index in [9.17, 15) is 10.2 Å². The number of rotatable bonds is 8. The van der Waals surface area contributed by atoms with E-state index in [1.54, 1.807) is 0 Å². The van der Waals surface area contributed by atoms with Crippen LogP contribution < -0.4 is 0 Å². The predicted octanol–water partition coefficient (Wildman–Crippen LogP) is 4.68. The molecule has 0 aliphatic heterocycles. The van der Waals surface area contributed by atoms with E-state index in [1.807, 2.05) is 13.8 Å². The minimum Gasteiger partial charge on any atom is -0.388 e. The Labute approximate surface area is 130 Å². The third kappa shape index (κ3) is 5.80. The first-order chi connectivity index (χ1) is 9.88. The van der Waals surface area contributed by atoms with Gasteiger partial charge in [-0.25, -0.2) is 0 Å². The smallest absolute Gasteiger partial charge is 0.0834 e. The molecule has 1 rings (SSSR count). The van der Waals surface area contributed by atoms with Crippen molar-refractivity contribution in [1.29, 1.82) is 0 Å². The molecule has 2 unspecified atom stereocenters. The van der Waals surface area contributed by atoms with E-state index in [4.69, 9.17) is 0 Å². The van der Waals surface area contributed by atoms with Gasteiger partial charge in [0.2, 0.25) is 0 Å². The number of allylic oxidation sites excluding steroid dienone is 3. The van der Waals surface area contributed by atoms with Crippen molar-refractivity contribution in [2.45, 2.75) is 84.3 Å². The predicted molar refractivity (Wildman–Crippen MR) is 90.2 cm³/mol. The van der Waals surface area contributed by atoms with Gasteiger partial charge in [-0.3, -0.25) is 0 Å². The van der Waals surface area contributed by atoms with Crippen LogP contribution >= 0.6 is 0 Å². The molecule has 0 heterocycles. The van der Waals surface area contributed by atoms with Crippen LogP contribution in [0.5, 0.6) is 0 Å². The van der Waals surface area contributed by atoms with Crippen LogP contribution in [0.2, 0.25) is 0 Å². The fraction of sp³-hybridized carbons (Fsp3) is 0.684. The summed E-state index contributed by atoms with van der Waals surface area (Å²) in [7, 11) is 0. The molecule has 0 aromatic rings. The summed E-state index contributed by atoms with van der Waals surface area (Å²) in [6.07, 6.45) is 12.5. The van der Waals surface area contributed by atoms with E-state index >= 15 is 0 Å². The Kier molecular flexibility index (Phi) is 7.41. The summed E-state index contributed by atoms with van der Waals surface area (Å²) in [5, 5.41) is 20.3. The molecule has 2 nitrogen and oxygen atoms in total. The number of unbranched alkanes of at least 4 members (excludes halogenated alkanes) is 1. The third-order valence-electron chi connectivity index (χ3n) is 4.52. The number of hydrogen-bond donors (Lipinski definition) is 2. The molecule has 1 aliphatic carbocycles. The molecule has 0 aromatic carbocycles. The minimum atomic E-state index is -0.600. The highest BCUT2D eigenvalue weighted by molar-refractivity contribution is 5.28. The Balaban J connectivity index is 2.35. The van der Waals surface area contributed by atoms with Gasteiger partial charge in [-0.15, -0.1) is 0 Å². The van der Waals surface area contributed by atoms with E-state index in [0.717, 1.165) is 44.1 Å². The Bertz CT molecular complexity index is 413. The van der Waals surface area contributed by atoms with Gasteiger partial charge >= 0.3 is 0 Å². The molecule has 0 fully saturated rings. The summed E-state index contributed by atoms with van der Waals surface area (Å²) in [5.41, 5.74) is 3.04. The van der Waals surface area contributed by atoms with E-state index in [2.05, 4.69) is 32.1 Å². The number of aliphatic hydroxyl groups excluding tert-OH is 1. The lowest BCUT2D eigenvalue weighted by Crippen LogP contribution is -2.22. The number of aliphatic hydroxyl groups is 2. The Morgan fingerprint density at radius 1 is 1.33 bits per heavy atom. The summed E-state index contributed by atoms with van der Waals surface area (Å²) in [5.74, 6) is 0. The van der Waals surface area contributed by atoms with E-state index in [-0.39, 0.29) is 6.10 Å². The molecule has 2 atom stereocenters. The second-order valence-corrected chi connectivity index (χ2v) is 6.53. The Morgan fingerprint density at radius 3 is 2.62 bits per heavy atom. The van der Waals surface area contributed by atoms with E-state index in [1.165, 1.54) is 11.1 Å². The first kappa shape index (κ1) is 18.2. The van der Waals surface area contributed by atoms with Crippen LogP contribution in [0.4, 0.5) is 0 Å². The largest absolute Gasteiger partial charge is 0.388 e. The minimum absolute atomic E-state index is 0.358. The summed E-state index contributed by atoms with van der Waals surface area (Å²) >= 11 is 0. The molecular weight excluding hydrogens is 260 g/mol. The van der Waals surface area contributed by atoms with Gasteiger partial charge in [0.25, 0.3) is 0 Å². The zero-order valence-corrected chi connectivity index (χ0v) is 14.2. The van der Waals surface area contributed by atoms with Crippen LogP contribution in [0.15, 0.2) is 34.9 Å². The summed E-state index contributed by atoms with van der Waals surface area (Å²) in [6, 6.07) is 0. The zero-order chi connectivity index (χ0) is 15.9. The fourth-order valence-corrected chi connectivity index (χ4v) is 2.94. The summed E-state index contributed by atoms with van der Waals surface area (Å²) in [6.45, 7) is 8.20. The molecule has 2 heteroatoms. The van der Waals surface area contributed by atoms with Crippen molar-refractivity contribution in [3.8, 4) is 0 Å². The molecule has 1 aliphatic rings. The molecule has 21 heavy (non-hydrogen) atoms. The summed E-state index contributed by atoms with van der Waals surface area (Å²) < 4.78 is 0. The monoisotopic (exact) mass is 292 g/mol. The second kappa shape index (κ2) is 8.55. The van der Waals surface area contributed by atoms with Gasteiger partial charge in [-0.1, -0.05) is 37.1 Å². The van der Waals surface area contributed by atoms with Crippen molar-refractivity contribution in [2.24, 2.45) is 0 Å². The molecular formula is C19H32O2. The highest BCUT2D eigenvalue weighted by atomic mass is 16.3. The van der Waals surface area contributed by atoms with Crippen molar-refractivity contribution in [1.82, 2.24) is 0 Å². The SMILES string of the molecule is CCC/C=C(\C)C(O)C/C=C/CCC1=C(C)CCC1(C)O. The lowest BCUT2D eigenvalue weighted by atomic mass is 9.93. The van der Waals surface area contributed by atoms with Crippen LogP contribution in [0.25, 0.3) is 0 Å². The quantitative estimate of drug-likeness (QED) is 0.638. The van der Waals surface area contributed by atoms with Gasteiger partial charge in [-0.05, 0) is 70.4 Å². The Hall–Kier alpha value is -0.860. The van der Waals surface area contributed by atoms with Crippen LogP contribution in [0.1, 0.15) is 72.6 Å². The molecule has 2 N–H and O–H groups in total. The average molecular weight is 292 g/mol. The molecule has 0 saturated heterocycles. The van der Waals surface area contributed by atoms with Gasteiger partial charge in [0.05, 0.1) is 11.7 Å². The first-order valence-corrected chi connectivity index (χ1v) is 8.29.